The topological polar surface area (TPSA) is 50.1 Å². The third kappa shape index (κ3) is 3.66. The summed E-state index contributed by atoms with van der Waals surface area (Å²) in [6, 6.07) is 10.3. The van der Waals surface area contributed by atoms with Crippen LogP contribution in [0.3, 0.4) is 0 Å². The van der Waals surface area contributed by atoms with Gasteiger partial charge in [0.2, 0.25) is 0 Å². The molecule has 0 radical (unpaired) electrons. The average molecular weight is 259 g/mol. The molecule has 19 heavy (non-hydrogen) atoms. The Morgan fingerprint density at radius 1 is 1.32 bits per heavy atom. The highest BCUT2D eigenvalue weighted by molar-refractivity contribution is 5.17. The van der Waals surface area contributed by atoms with E-state index in [9.17, 15) is 5.11 Å². The van der Waals surface area contributed by atoms with E-state index in [2.05, 4.69) is 29.5 Å². The van der Waals surface area contributed by atoms with Crippen molar-refractivity contribution in [3.63, 3.8) is 0 Å². The molecular formula is C15H21N3O. The number of nitrogens with zero attached hydrogens (tertiary/aromatic N) is 2. The predicted molar refractivity (Wildman–Crippen MR) is 75.8 cm³/mol. The van der Waals surface area contributed by atoms with Crippen molar-refractivity contribution in [1.82, 2.24) is 15.1 Å². The smallest absolute Gasteiger partial charge is 0.0587 e. The molecule has 0 saturated heterocycles. The molecule has 4 heteroatoms. The second kappa shape index (κ2) is 6.50. The largest absolute Gasteiger partial charge is 0.395 e. The molecule has 2 N–H and O–H groups in total. The van der Waals surface area contributed by atoms with Gasteiger partial charge in [0.1, 0.15) is 0 Å². The van der Waals surface area contributed by atoms with Crippen LogP contribution in [0.5, 0.6) is 0 Å². The maximum absolute atomic E-state index is 9.46. The van der Waals surface area contributed by atoms with Crippen LogP contribution in [0.25, 0.3) is 0 Å². The van der Waals surface area contributed by atoms with E-state index in [4.69, 9.17) is 0 Å². The molecule has 0 aliphatic carbocycles. The summed E-state index contributed by atoms with van der Waals surface area (Å²) in [7, 11) is 1.94. The lowest BCUT2D eigenvalue weighted by molar-refractivity contribution is 0.240. The SMILES string of the molecule is Cc1c(CNC(CO)Cc2ccccc2)cnn1C. The van der Waals surface area contributed by atoms with Crippen molar-refractivity contribution in [1.29, 1.82) is 0 Å². The third-order valence-electron chi connectivity index (χ3n) is 3.46. The van der Waals surface area contributed by atoms with Crippen molar-refractivity contribution < 1.29 is 5.11 Å². The summed E-state index contributed by atoms with van der Waals surface area (Å²) in [4.78, 5) is 0. The fourth-order valence-electron chi connectivity index (χ4n) is 2.07. The van der Waals surface area contributed by atoms with Gasteiger partial charge in [-0.1, -0.05) is 30.3 Å². The first-order valence-corrected chi connectivity index (χ1v) is 6.56. The Labute approximate surface area is 114 Å². The molecule has 0 amide bonds. The molecule has 0 saturated carbocycles. The van der Waals surface area contributed by atoms with Gasteiger partial charge in [0.05, 0.1) is 12.8 Å². The van der Waals surface area contributed by atoms with Crippen LogP contribution in [0.2, 0.25) is 0 Å². The van der Waals surface area contributed by atoms with E-state index in [1.165, 1.54) is 11.1 Å². The fourth-order valence-corrected chi connectivity index (χ4v) is 2.07. The summed E-state index contributed by atoms with van der Waals surface area (Å²) in [5, 5.41) is 17.1. The Hall–Kier alpha value is -1.65. The van der Waals surface area contributed by atoms with Crippen molar-refractivity contribution in [2.24, 2.45) is 7.05 Å². The number of aliphatic hydroxyl groups is 1. The first-order valence-electron chi connectivity index (χ1n) is 6.56. The molecule has 2 aromatic rings. The fraction of sp³-hybridized carbons (Fsp3) is 0.400. The van der Waals surface area contributed by atoms with Crippen LogP contribution in [-0.2, 0) is 20.0 Å². The van der Waals surface area contributed by atoms with Crippen molar-refractivity contribution in [2.45, 2.75) is 25.9 Å². The molecule has 0 spiro atoms. The zero-order valence-corrected chi connectivity index (χ0v) is 11.5. The van der Waals surface area contributed by atoms with Crippen LogP contribution in [0.15, 0.2) is 36.5 Å². The Morgan fingerprint density at radius 3 is 2.63 bits per heavy atom. The number of nitrogens with one attached hydrogen (secondary N) is 1. The Balaban J connectivity index is 1.91. The Bertz CT molecular complexity index is 507. The van der Waals surface area contributed by atoms with Crippen LogP contribution < -0.4 is 5.32 Å². The van der Waals surface area contributed by atoms with Crippen molar-refractivity contribution >= 4 is 0 Å². The number of hydrogen-bond donors (Lipinski definition) is 2. The molecule has 1 atom stereocenters. The lowest BCUT2D eigenvalue weighted by Gasteiger charge is -2.16. The third-order valence-corrected chi connectivity index (χ3v) is 3.46. The zero-order chi connectivity index (χ0) is 13.7. The van der Waals surface area contributed by atoms with E-state index in [0.29, 0.717) is 0 Å². The molecule has 2 rings (SSSR count). The minimum absolute atomic E-state index is 0.0713. The van der Waals surface area contributed by atoms with E-state index in [-0.39, 0.29) is 12.6 Å². The van der Waals surface area contributed by atoms with Gasteiger partial charge < -0.3 is 10.4 Å². The van der Waals surface area contributed by atoms with Crippen LogP contribution in [0.4, 0.5) is 0 Å². The minimum atomic E-state index is 0.0713. The maximum atomic E-state index is 9.46. The predicted octanol–water partition coefficient (Wildman–Crippen LogP) is 1.42. The zero-order valence-electron chi connectivity index (χ0n) is 11.5. The number of rotatable bonds is 6. The van der Waals surface area contributed by atoms with E-state index in [1.54, 1.807) is 0 Å². The van der Waals surface area contributed by atoms with Crippen molar-refractivity contribution in [3.8, 4) is 0 Å². The van der Waals surface area contributed by atoms with Gasteiger partial charge in [-0.15, -0.1) is 0 Å². The maximum Gasteiger partial charge on any atom is 0.0587 e. The summed E-state index contributed by atoms with van der Waals surface area (Å²) in [6.45, 7) is 2.92. The monoisotopic (exact) mass is 259 g/mol. The van der Waals surface area contributed by atoms with Gasteiger partial charge in [-0.3, -0.25) is 4.68 Å². The lowest BCUT2D eigenvalue weighted by Crippen LogP contribution is -2.34. The van der Waals surface area contributed by atoms with Gasteiger partial charge in [-0.05, 0) is 18.9 Å². The van der Waals surface area contributed by atoms with Crippen LogP contribution in [0.1, 0.15) is 16.8 Å². The van der Waals surface area contributed by atoms with E-state index >= 15 is 0 Å². The number of aliphatic hydroxyl groups excluding tert-OH is 1. The van der Waals surface area contributed by atoms with Gasteiger partial charge in [-0.25, -0.2) is 0 Å². The molecule has 1 aromatic heterocycles. The molecule has 4 nitrogen and oxygen atoms in total. The summed E-state index contributed by atoms with van der Waals surface area (Å²) < 4.78 is 1.86. The van der Waals surface area contributed by atoms with Crippen LogP contribution in [0, 0.1) is 6.92 Å². The van der Waals surface area contributed by atoms with E-state index in [0.717, 1.165) is 18.7 Å². The molecule has 0 aliphatic rings. The highest BCUT2D eigenvalue weighted by Gasteiger charge is 2.10. The highest BCUT2D eigenvalue weighted by atomic mass is 16.3. The first kappa shape index (κ1) is 13.8. The van der Waals surface area contributed by atoms with Crippen molar-refractivity contribution in [2.75, 3.05) is 6.61 Å². The molecule has 102 valence electrons. The summed E-state index contributed by atoms with van der Waals surface area (Å²) >= 11 is 0. The second-order valence-corrected chi connectivity index (χ2v) is 4.83. The van der Waals surface area contributed by atoms with Gasteiger partial charge in [0, 0.05) is 30.9 Å². The normalized spacial score (nSPS) is 12.6. The molecule has 1 aromatic carbocycles. The minimum Gasteiger partial charge on any atom is -0.395 e. The Morgan fingerprint density at radius 2 is 2.05 bits per heavy atom. The number of hydrogen-bond acceptors (Lipinski definition) is 3. The summed E-state index contributed by atoms with van der Waals surface area (Å²) in [5.74, 6) is 0. The van der Waals surface area contributed by atoms with Gasteiger partial charge in [0.25, 0.3) is 0 Å². The quantitative estimate of drug-likeness (QED) is 0.825. The Kier molecular flexibility index (Phi) is 4.71. The molecular weight excluding hydrogens is 238 g/mol. The van der Waals surface area contributed by atoms with Gasteiger partial charge >= 0.3 is 0 Å². The molecule has 0 aliphatic heterocycles. The second-order valence-electron chi connectivity index (χ2n) is 4.83. The molecule has 0 bridgehead atoms. The van der Waals surface area contributed by atoms with Crippen LogP contribution >= 0.6 is 0 Å². The number of benzene rings is 1. The standard InChI is InChI=1S/C15H21N3O/c1-12-14(10-17-18(12)2)9-16-15(11-19)8-13-6-4-3-5-7-13/h3-7,10,15-16,19H,8-9,11H2,1-2H3. The van der Waals surface area contributed by atoms with Crippen LogP contribution in [-0.4, -0.2) is 27.5 Å². The van der Waals surface area contributed by atoms with E-state index in [1.807, 2.05) is 36.1 Å². The van der Waals surface area contributed by atoms with Crippen molar-refractivity contribution in [3.05, 3.63) is 53.3 Å². The lowest BCUT2D eigenvalue weighted by atomic mass is 10.1. The molecule has 1 heterocycles. The first-order chi connectivity index (χ1) is 9.20. The number of aryl methyl sites for hydroxylation is 1. The number of aromatic nitrogens is 2. The summed E-state index contributed by atoms with van der Waals surface area (Å²) in [6.07, 6.45) is 2.70. The average Bonchev–Trinajstić information content (AvgIpc) is 2.76. The van der Waals surface area contributed by atoms with Gasteiger partial charge in [-0.2, -0.15) is 5.10 Å². The van der Waals surface area contributed by atoms with Gasteiger partial charge in [0.15, 0.2) is 0 Å². The molecule has 1 unspecified atom stereocenters. The highest BCUT2D eigenvalue weighted by Crippen LogP contribution is 2.07. The van der Waals surface area contributed by atoms with E-state index < -0.39 is 0 Å². The molecule has 0 fully saturated rings. The summed E-state index contributed by atoms with van der Waals surface area (Å²) in [5.41, 5.74) is 3.56.